The van der Waals surface area contributed by atoms with Crippen LogP contribution in [0.2, 0.25) is 0 Å². The van der Waals surface area contributed by atoms with E-state index in [2.05, 4.69) is 53.3 Å². The largest absolute Gasteiger partial charge is 0.481 e. The standard InChI is InChI=1S/C29H28N6O2/c1-17-5-3-7-22-27(21-6-4-8-25-24(21)16-33(2)31-25)32-35(28(17)22)20-11-12-26(30-14-20)34-15-18-9-10-19(34)13-23(18)29(36)37/h3-8,11-12,14,16,18-19,23H,9-10,13,15H2,1-2H3,(H,36,37)/t18-,19+,23+/m1/s1. The molecule has 186 valence electrons. The molecule has 0 radical (unpaired) electrons. The summed E-state index contributed by atoms with van der Waals surface area (Å²) in [6, 6.07) is 16.8. The maximum atomic E-state index is 11.7. The SMILES string of the molecule is Cc1cccc2c(-c3cccc4nn(C)cc34)nn(-c3ccc(N4C[C@H]5CC[C@H]4C[C@@H]5C(=O)O)nc3)c12. The minimum atomic E-state index is -0.656. The topological polar surface area (TPSA) is 89.1 Å². The molecule has 5 heterocycles. The van der Waals surface area contributed by atoms with E-state index in [0.29, 0.717) is 6.42 Å². The second-order valence-electron chi connectivity index (χ2n) is 10.5. The molecular weight excluding hydrogens is 464 g/mol. The molecule has 1 saturated carbocycles. The Morgan fingerprint density at radius 2 is 1.89 bits per heavy atom. The number of nitrogens with zero attached hydrogens (tertiary/aromatic N) is 6. The van der Waals surface area contributed by atoms with Crippen LogP contribution in [0.4, 0.5) is 5.82 Å². The van der Waals surface area contributed by atoms with Gasteiger partial charge in [0.2, 0.25) is 0 Å². The Kier molecular flexibility index (Phi) is 4.86. The Hall–Kier alpha value is -4.20. The average molecular weight is 493 g/mol. The van der Waals surface area contributed by atoms with Gasteiger partial charge in [0, 0.05) is 42.2 Å². The van der Waals surface area contributed by atoms with Gasteiger partial charge in [-0.2, -0.15) is 10.2 Å². The van der Waals surface area contributed by atoms with Gasteiger partial charge >= 0.3 is 5.97 Å². The summed E-state index contributed by atoms with van der Waals surface area (Å²) in [5.41, 5.74) is 6.04. The average Bonchev–Trinajstić information content (AvgIpc) is 3.50. The lowest BCUT2D eigenvalue weighted by atomic mass is 9.72. The van der Waals surface area contributed by atoms with E-state index in [9.17, 15) is 9.90 Å². The fraction of sp³-hybridized carbons (Fsp3) is 0.310. The predicted molar refractivity (Wildman–Crippen MR) is 143 cm³/mol. The van der Waals surface area contributed by atoms with Gasteiger partial charge < -0.3 is 10.0 Å². The molecule has 0 unspecified atom stereocenters. The van der Waals surface area contributed by atoms with Crippen molar-refractivity contribution < 1.29 is 9.90 Å². The first-order valence-electron chi connectivity index (χ1n) is 12.8. The number of anilines is 1. The molecule has 3 atom stereocenters. The number of carboxylic acids is 1. The molecule has 3 fully saturated rings. The van der Waals surface area contributed by atoms with E-state index in [0.717, 1.165) is 69.5 Å². The molecule has 3 aliphatic rings. The number of aryl methyl sites for hydroxylation is 2. The fourth-order valence-corrected chi connectivity index (χ4v) is 6.46. The van der Waals surface area contributed by atoms with Crippen LogP contribution in [0.15, 0.2) is 60.9 Å². The van der Waals surface area contributed by atoms with Crippen LogP contribution in [0.25, 0.3) is 38.8 Å². The van der Waals surface area contributed by atoms with E-state index in [1.165, 1.54) is 0 Å². The van der Waals surface area contributed by atoms with Crippen molar-refractivity contribution in [3.8, 4) is 16.9 Å². The summed E-state index contributed by atoms with van der Waals surface area (Å²) < 4.78 is 3.84. The van der Waals surface area contributed by atoms with Gasteiger partial charge in [0.15, 0.2) is 0 Å². The van der Waals surface area contributed by atoms with Crippen molar-refractivity contribution in [1.29, 1.82) is 0 Å². The Balaban J connectivity index is 1.29. The summed E-state index contributed by atoms with van der Waals surface area (Å²) in [6.45, 7) is 2.87. The quantitative estimate of drug-likeness (QED) is 0.381. The van der Waals surface area contributed by atoms with Crippen LogP contribution in [-0.4, -0.2) is 48.2 Å². The van der Waals surface area contributed by atoms with Crippen LogP contribution >= 0.6 is 0 Å². The van der Waals surface area contributed by atoms with Gasteiger partial charge in [-0.05, 0) is 55.9 Å². The summed E-state index contributed by atoms with van der Waals surface area (Å²) in [6.07, 6.45) is 6.66. The zero-order chi connectivity index (χ0) is 25.3. The molecule has 2 bridgehead atoms. The monoisotopic (exact) mass is 492 g/mol. The number of benzene rings is 2. The van der Waals surface area contributed by atoms with Crippen molar-refractivity contribution in [3.05, 3.63) is 66.5 Å². The number of pyridine rings is 1. The van der Waals surface area contributed by atoms with Crippen molar-refractivity contribution in [1.82, 2.24) is 24.5 Å². The first-order valence-corrected chi connectivity index (χ1v) is 12.8. The Labute approximate surface area is 214 Å². The highest BCUT2D eigenvalue weighted by Crippen LogP contribution is 2.41. The Bertz CT molecular complexity index is 1670. The van der Waals surface area contributed by atoms with Gasteiger partial charge in [0.05, 0.1) is 28.8 Å². The third-order valence-electron chi connectivity index (χ3n) is 8.25. The highest BCUT2D eigenvalue weighted by molar-refractivity contribution is 6.03. The number of fused-ring (bicyclic) bond motifs is 5. The second kappa shape index (κ2) is 8.16. The van der Waals surface area contributed by atoms with E-state index >= 15 is 0 Å². The lowest BCUT2D eigenvalue weighted by Crippen LogP contribution is -2.54. The smallest absolute Gasteiger partial charge is 0.306 e. The molecule has 2 saturated heterocycles. The number of para-hydroxylation sites is 1. The fourth-order valence-electron chi connectivity index (χ4n) is 6.46. The van der Waals surface area contributed by atoms with Gasteiger partial charge in [-0.3, -0.25) is 9.48 Å². The van der Waals surface area contributed by atoms with Crippen LogP contribution in [0.1, 0.15) is 24.8 Å². The van der Waals surface area contributed by atoms with E-state index in [1.54, 1.807) is 0 Å². The molecule has 1 N–H and O–H groups in total. The molecule has 0 amide bonds. The number of aromatic nitrogens is 5. The molecule has 2 aliphatic heterocycles. The molecular formula is C29H28N6O2. The third kappa shape index (κ3) is 3.43. The predicted octanol–water partition coefficient (Wildman–Crippen LogP) is 4.97. The van der Waals surface area contributed by atoms with Gasteiger partial charge in [0.1, 0.15) is 11.5 Å². The highest BCUT2D eigenvalue weighted by Gasteiger charge is 2.44. The summed E-state index contributed by atoms with van der Waals surface area (Å²) in [5.74, 6) is 0.224. The van der Waals surface area contributed by atoms with Gasteiger partial charge in [-0.25, -0.2) is 9.67 Å². The molecule has 5 aromatic rings. The van der Waals surface area contributed by atoms with Gasteiger partial charge in [-0.1, -0.05) is 30.3 Å². The summed E-state index contributed by atoms with van der Waals surface area (Å²) in [5, 5.41) is 21.5. The lowest BCUT2D eigenvalue weighted by Gasteiger charge is -2.48. The minimum Gasteiger partial charge on any atom is -0.481 e. The van der Waals surface area contributed by atoms with E-state index in [1.807, 2.05) is 40.9 Å². The normalized spacial score (nSPS) is 21.2. The molecule has 3 aromatic heterocycles. The number of rotatable bonds is 4. The summed E-state index contributed by atoms with van der Waals surface area (Å²) in [4.78, 5) is 18.8. The first-order chi connectivity index (χ1) is 18.0. The Morgan fingerprint density at radius 1 is 1.03 bits per heavy atom. The van der Waals surface area contributed by atoms with E-state index in [-0.39, 0.29) is 17.9 Å². The van der Waals surface area contributed by atoms with Crippen LogP contribution < -0.4 is 4.90 Å². The molecule has 8 nitrogen and oxygen atoms in total. The van der Waals surface area contributed by atoms with Crippen molar-refractivity contribution in [2.75, 3.05) is 11.4 Å². The van der Waals surface area contributed by atoms with Gasteiger partial charge in [-0.15, -0.1) is 0 Å². The zero-order valence-corrected chi connectivity index (χ0v) is 20.9. The molecule has 8 rings (SSSR count). The minimum absolute atomic E-state index is 0.194. The van der Waals surface area contributed by atoms with Crippen LogP contribution in [0, 0.1) is 18.8 Å². The highest BCUT2D eigenvalue weighted by atomic mass is 16.4. The number of hydrogen-bond donors (Lipinski definition) is 1. The Morgan fingerprint density at radius 3 is 2.65 bits per heavy atom. The molecule has 8 heteroatoms. The van der Waals surface area contributed by atoms with Crippen LogP contribution in [0.3, 0.4) is 0 Å². The lowest BCUT2D eigenvalue weighted by molar-refractivity contribution is -0.146. The molecule has 2 aromatic carbocycles. The van der Waals surface area contributed by atoms with Crippen molar-refractivity contribution in [2.24, 2.45) is 18.9 Å². The maximum Gasteiger partial charge on any atom is 0.306 e. The number of piperidine rings is 2. The molecule has 37 heavy (non-hydrogen) atoms. The molecule has 1 aliphatic carbocycles. The summed E-state index contributed by atoms with van der Waals surface area (Å²) in [7, 11) is 1.94. The van der Waals surface area contributed by atoms with E-state index < -0.39 is 5.97 Å². The van der Waals surface area contributed by atoms with Gasteiger partial charge in [0.25, 0.3) is 0 Å². The van der Waals surface area contributed by atoms with Crippen molar-refractivity contribution >= 4 is 33.6 Å². The van der Waals surface area contributed by atoms with E-state index in [4.69, 9.17) is 10.1 Å². The third-order valence-corrected chi connectivity index (χ3v) is 8.25. The number of carbonyl (C=O) groups is 1. The number of aliphatic carboxylic acids is 1. The molecule has 0 spiro atoms. The van der Waals surface area contributed by atoms with Crippen molar-refractivity contribution in [2.45, 2.75) is 32.2 Å². The first kappa shape index (κ1) is 22.0. The maximum absolute atomic E-state index is 11.7. The van der Waals surface area contributed by atoms with Crippen LogP contribution in [-0.2, 0) is 11.8 Å². The van der Waals surface area contributed by atoms with Crippen molar-refractivity contribution in [3.63, 3.8) is 0 Å². The zero-order valence-electron chi connectivity index (χ0n) is 20.9. The number of hydrogen-bond acceptors (Lipinski definition) is 5. The van der Waals surface area contributed by atoms with Crippen LogP contribution in [0.5, 0.6) is 0 Å². The second-order valence-corrected chi connectivity index (χ2v) is 10.5. The summed E-state index contributed by atoms with van der Waals surface area (Å²) >= 11 is 0. The number of carboxylic acid groups (broad SMARTS) is 1.